The van der Waals surface area contributed by atoms with Gasteiger partial charge < -0.3 is 14.8 Å². The minimum Gasteiger partial charge on any atom is -0.466 e. The topological polar surface area (TPSA) is 108 Å². The Labute approximate surface area is 139 Å². The van der Waals surface area contributed by atoms with Crippen molar-refractivity contribution in [1.82, 2.24) is 0 Å². The van der Waals surface area contributed by atoms with Crippen LogP contribution in [0, 0.1) is 20.6 Å². The zero-order chi connectivity index (χ0) is 16.9. The molecule has 0 heterocycles. The number of nitro groups is 1. The first kappa shape index (κ1) is 17.9. The largest absolute Gasteiger partial charge is 0.466 e. The Morgan fingerprint density at radius 2 is 1.95 bits per heavy atom. The normalized spacial score (nSPS) is 10.8. The quantitative estimate of drug-likeness (QED) is 0.256. The van der Waals surface area contributed by atoms with E-state index in [1.807, 2.05) is 22.6 Å². The van der Waals surface area contributed by atoms with Crippen LogP contribution in [0.5, 0.6) is 0 Å². The van der Waals surface area contributed by atoms with Crippen molar-refractivity contribution < 1.29 is 24.0 Å². The lowest BCUT2D eigenvalue weighted by Gasteiger charge is -2.13. The van der Waals surface area contributed by atoms with Crippen molar-refractivity contribution >= 4 is 45.9 Å². The monoisotopic (exact) mass is 420 g/mol. The molecular formula is C13H13IN2O6. The Hall–Kier alpha value is -2.17. The third kappa shape index (κ3) is 4.41. The number of anilines is 1. The molecule has 0 aliphatic carbocycles. The first-order chi connectivity index (χ1) is 10.3. The lowest BCUT2D eigenvalue weighted by Crippen LogP contribution is -2.16. The lowest BCUT2D eigenvalue weighted by molar-refractivity contribution is -0.385. The summed E-state index contributed by atoms with van der Waals surface area (Å²) in [5.74, 6) is -1.50. The molecule has 0 saturated heterocycles. The second-order valence-corrected chi connectivity index (χ2v) is 5.24. The van der Waals surface area contributed by atoms with Crippen molar-refractivity contribution in [3.05, 3.63) is 43.2 Å². The van der Waals surface area contributed by atoms with Crippen molar-refractivity contribution in [1.29, 1.82) is 0 Å². The van der Waals surface area contributed by atoms with Gasteiger partial charge in [-0.3, -0.25) is 10.1 Å². The summed E-state index contributed by atoms with van der Waals surface area (Å²) in [5, 5.41) is 13.6. The first-order valence-corrected chi connectivity index (χ1v) is 6.97. The average Bonchev–Trinajstić information content (AvgIpc) is 2.48. The Kier molecular flexibility index (Phi) is 6.28. The number of nitro benzene ring substituents is 1. The lowest BCUT2D eigenvalue weighted by atomic mass is 10.1. The van der Waals surface area contributed by atoms with Gasteiger partial charge in [0.05, 0.1) is 30.9 Å². The predicted octanol–water partition coefficient (Wildman–Crippen LogP) is 2.15. The maximum Gasteiger partial charge on any atom is 0.354 e. The summed E-state index contributed by atoms with van der Waals surface area (Å²) < 4.78 is 9.57. The van der Waals surface area contributed by atoms with Crippen LogP contribution in [0.4, 0.5) is 11.4 Å². The molecule has 1 N–H and O–H groups in total. The van der Waals surface area contributed by atoms with Gasteiger partial charge in [0.25, 0.3) is 5.69 Å². The number of methoxy groups -OCH3 is 2. The highest BCUT2D eigenvalue weighted by molar-refractivity contribution is 14.1. The van der Waals surface area contributed by atoms with Gasteiger partial charge in [-0.15, -0.1) is 0 Å². The van der Waals surface area contributed by atoms with E-state index in [-0.39, 0.29) is 11.4 Å². The van der Waals surface area contributed by atoms with E-state index in [1.165, 1.54) is 26.4 Å². The second-order valence-electron chi connectivity index (χ2n) is 4.07. The number of esters is 2. The number of ether oxygens (including phenoxy) is 2. The summed E-state index contributed by atoms with van der Waals surface area (Å²) in [6, 6.07) is 2.71. The number of rotatable bonds is 5. The molecule has 118 valence electrons. The third-order valence-corrected chi connectivity index (χ3v) is 3.46. The van der Waals surface area contributed by atoms with E-state index in [4.69, 9.17) is 0 Å². The van der Waals surface area contributed by atoms with Crippen molar-refractivity contribution in [2.45, 2.75) is 6.92 Å². The van der Waals surface area contributed by atoms with Crippen LogP contribution in [-0.4, -0.2) is 31.1 Å². The Bertz CT molecular complexity index is 633. The number of hydrogen-bond acceptors (Lipinski definition) is 7. The Balaban J connectivity index is 3.24. The van der Waals surface area contributed by atoms with Crippen molar-refractivity contribution in [2.75, 3.05) is 19.5 Å². The summed E-state index contributed by atoms with van der Waals surface area (Å²) in [5.41, 5.74) is 0.804. The van der Waals surface area contributed by atoms with Gasteiger partial charge in [-0.2, -0.15) is 0 Å². The zero-order valence-electron chi connectivity index (χ0n) is 12.0. The van der Waals surface area contributed by atoms with E-state index in [1.54, 1.807) is 6.92 Å². The molecule has 8 nitrogen and oxygen atoms in total. The van der Waals surface area contributed by atoms with Gasteiger partial charge in [0.15, 0.2) is 0 Å². The standard InChI is InChI=1S/C13H13IN2O6/c1-7-4-8(16(19)20)5-9(14)12(7)15-10(13(18)22-3)6-11(17)21-2/h4-6,15H,1-3H3/b10-6+. The molecule has 9 heteroatoms. The molecule has 0 aliphatic heterocycles. The molecule has 0 bridgehead atoms. The highest BCUT2D eigenvalue weighted by Gasteiger charge is 2.18. The van der Waals surface area contributed by atoms with E-state index in [2.05, 4.69) is 14.8 Å². The minimum absolute atomic E-state index is 0.0657. The summed E-state index contributed by atoms with van der Waals surface area (Å²) >= 11 is 1.89. The fraction of sp³-hybridized carbons (Fsp3) is 0.231. The van der Waals surface area contributed by atoms with Gasteiger partial charge in [0, 0.05) is 15.7 Å². The molecule has 0 aliphatic rings. The fourth-order valence-corrected chi connectivity index (χ4v) is 2.44. The van der Waals surface area contributed by atoms with Crippen LogP contribution >= 0.6 is 22.6 Å². The van der Waals surface area contributed by atoms with Gasteiger partial charge in [0.1, 0.15) is 5.70 Å². The molecule has 0 aromatic heterocycles. The second kappa shape index (κ2) is 7.73. The minimum atomic E-state index is -0.765. The van der Waals surface area contributed by atoms with Crippen molar-refractivity contribution in [3.63, 3.8) is 0 Å². The summed E-state index contributed by atoms with van der Waals surface area (Å²) in [6.07, 6.45) is 0.947. The number of non-ortho nitro benzene ring substituents is 1. The highest BCUT2D eigenvalue weighted by Crippen LogP contribution is 2.29. The summed E-state index contributed by atoms with van der Waals surface area (Å²) in [6.45, 7) is 1.64. The number of nitrogens with zero attached hydrogens (tertiary/aromatic N) is 1. The van der Waals surface area contributed by atoms with Crippen LogP contribution in [0.1, 0.15) is 5.56 Å². The maximum absolute atomic E-state index is 11.7. The SMILES string of the molecule is COC(=O)/C=C(/Nc1c(C)cc([N+](=O)[O-])cc1I)C(=O)OC. The van der Waals surface area contributed by atoms with E-state index in [0.29, 0.717) is 14.8 Å². The Morgan fingerprint density at radius 1 is 1.32 bits per heavy atom. The van der Waals surface area contributed by atoms with E-state index in [0.717, 1.165) is 6.08 Å². The van der Waals surface area contributed by atoms with Gasteiger partial charge >= 0.3 is 11.9 Å². The van der Waals surface area contributed by atoms with Crippen LogP contribution in [0.25, 0.3) is 0 Å². The number of benzene rings is 1. The molecular weight excluding hydrogens is 407 g/mol. The molecule has 0 saturated carbocycles. The molecule has 0 atom stereocenters. The van der Waals surface area contributed by atoms with Crippen LogP contribution in [-0.2, 0) is 19.1 Å². The molecule has 1 aromatic carbocycles. The van der Waals surface area contributed by atoms with Gasteiger partial charge in [0.2, 0.25) is 0 Å². The number of hydrogen-bond donors (Lipinski definition) is 1. The molecule has 22 heavy (non-hydrogen) atoms. The van der Waals surface area contributed by atoms with E-state index in [9.17, 15) is 19.7 Å². The zero-order valence-corrected chi connectivity index (χ0v) is 14.2. The first-order valence-electron chi connectivity index (χ1n) is 5.89. The molecule has 1 rings (SSSR count). The van der Waals surface area contributed by atoms with Crippen LogP contribution < -0.4 is 5.32 Å². The molecule has 1 aromatic rings. The predicted molar refractivity (Wildman–Crippen MR) is 86.3 cm³/mol. The number of halogens is 1. The number of aryl methyl sites for hydroxylation is 1. The summed E-state index contributed by atoms with van der Waals surface area (Å²) in [7, 11) is 2.34. The van der Waals surface area contributed by atoms with Crippen molar-refractivity contribution in [3.8, 4) is 0 Å². The van der Waals surface area contributed by atoms with Crippen LogP contribution in [0.15, 0.2) is 23.9 Å². The molecule has 0 unspecified atom stereocenters. The summed E-state index contributed by atoms with van der Waals surface area (Å²) in [4.78, 5) is 33.3. The van der Waals surface area contributed by atoms with E-state index < -0.39 is 16.9 Å². The molecule has 0 amide bonds. The molecule has 0 spiro atoms. The molecule has 0 fully saturated rings. The molecule has 0 radical (unpaired) electrons. The number of carbonyl (C=O) groups excluding carboxylic acids is 2. The Morgan fingerprint density at radius 3 is 2.41 bits per heavy atom. The van der Waals surface area contributed by atoms with Crippen molar-refractivity contribution in [2.24, 2.45) is 0 Å². The number of carbonyl (C=O) groups is 2. The average molecular weight is 420 g/mol. The van der Waals surface area contributed by atoms with Gasteiger partial charge in [-0.05, 0) is 35.1 Å². The van der Waals surface area contributed by atoms with Gasteiger partial charge in [-0.25, -0.2) is 9.59 Å². The number of nitrogens with one attached hydrogen (secondary N) is 1. The third-order valence-electron chi connectivity index (χ3n) is 2.61. The smallest absolute Gasteiger partial charge is 0.354 e. The fourth-order valence-electron chi connectivity index (χ4n) is 1.56. The van der Waals surface area contributed by atoms with Crippen LogP contribution in [0.2, 0.25) is 0 Å². The van der Waals surface area contributed by atoms with Gasteiger partial charge in [-0.1, -0.05) is 0 Å². The van der Waals surface area contributed by atoms with E-state index >= 15 is 0 Å². The van der Waals surface area contributed by atoms with Crippen LogP contribution in [0.3, 0.4) is 0 Å². The highest BCUT2D eigenvalue weighted by atomic mass is 127. The maximum atomic E-state index is 11.7.